The highest BCUT2D eigenvalue weighted by atomic mass is 32.2. The van der Waals surface area contributed by atoms with Crippen molar-refractivity contribution >= 4 is 21.0 Å². The number of pyridine rings is 1. The Morgan fingerprint density at radius 1 is 1.08 bits per heavy atom. The van der Waals surface area contributed by atoms with Crippen LogP contribution in [-0.4, -0.2) is 24.7 Å². The van der Waals surface area contributed by atoms with Gasteiger partial charge in [0.1, 0.15) is 6.10 Å². The van der Waals surface area contributed by atoms with E-state index in [-0.39, 0.29) is 10.5 Å². The molecule has 0 aliphatic carbocycles. The van der Waals surface area contributed by atoms with Crippen molar-refractivity contribution in [1.82, 2.24) is 4.57 Å². The van der Waals surface area contributed by atoms with Crippen molar-refractivity contribution in [3.05, 3.63) is 76.1 Å². The molecule has 0 fully saturated rings. The minimum Gasteiger partial charge on any atom is -0.386 e. The average Bonchev–Trinajstić information content (AvgIpc) is 2.63. The van der Waals surface area contributed by atoms with Gasteiger partial charge in [0.2, 0.25) is 0 Å². The first-order chi connectivity index (χ1) is 12.3. The highest BCUT2D eigenvalue weighted by Crippen LogP contribution is 2.24. The third-order valence-corrected chi connectivity index (χ3v) is 5.52. The van der Waals surface area contributed by atoms with Gasteiger partial charge in [0.25, 0.3) is 15.7 Å². The molecular formula is C19H19NO5S. The van der Waals surface area contributed by atoms with Gasteiger partial charge in [0.05, 0.1) is 17.0 Å². The smallest absolute Gasteiger partial charge is 0.297 e. The zero-order valence-corrected chi connectivity index (χ0v) is 15.2. The van der Waals surface area contributed by atoms with E-state index in [1.807, 2.05) is 13.0 Å². The molecule has 0 radical (unpaired) electrons. The highest BCUT2D eigenvalue weighted by molar-refractivity contribution is 7.86. The number of benzene rings is 2. The van der Waals surface area contributed by atoms with Gasteiger partial charge in [-0.25, -0.2) is 0 Å². The van der Waals surface area contributed by atoms with Crippen molar-refractivity contribution in [2.45, 2.75) is 17.9 Å². The van der Waals surface area contributed by atoms with Crippen LogP contribution in [0.4, 0.5) is 0 Å². The lowest BCUT2D eigenvalue weighted by atomic mass is 10.0. The molecule has 0 bridgehead atoms. The lowest BCUT2D eigenvalue weighted by Crippen LogP contribution is -2.19. The summed E-state index contributed by atoms with van der Waals surface area (Å²) in [7, 11) is -2.38. The summed E-state index contributed by atoms with van der Waals surface area (Å²) in [6.45, 7) is 1.41. The molecule has 0 aliphatic heterocycles. The van der Waals surface area contributed by atoms with Crippen LogP contribution >= 0.6 is 0 Å². The van der Waals surface area contributed by atoms with Gasteiger partial charge in [-0.1, -0.05) is 35.9 Å². The molecule has 26 heavy (non-hydrogen) atoms. The van der Waals surface area contributed by atoms with Gasteiger partial charge in [-0.2, -0.15) is 8.42 Å². The summed E-state index contributed by atoms with van der Waals surface area (Å²) >= 11 is 0. The number of rotatable bonds is 5. The Bertz CT molecular complexity index is 1100. The number of para-hydroxylation sites is 1. The molecule has 0 aliphatic rings. The van der Waals surface area contributed by atoms with E-state index in [0.29, 0.717) is 11.1 Å². The second-order valence-corrected chi connectivity index (χ2v) is 7.70. The number of hydrogen-bond acceptors (Lipinski definition) is 5. The molecular weight excluding hydrogens is 354 g/mol. The van der Waals surface area contributed by atoms with E-state index in [1.54, 1.807) is 37.4 Å². The topological polar surface area (TPSA) is 85.6 Å². The summed E-state index contributed by atoms with van der Waals surface area (Å²) in [5.41, 5.74) is 1.69. The summed E-state index contributed by atoms with van der Waals surface area (Å²) in [4.78, 5) is 11.9. The number of aryl methyl sites for hydroxylation is 2. The molecule has 136 valence electrons. The van der Waals surface area contributed by atoms with Gasteiger partial charge in [0.15, 0.2) is 0 Å². The van der Waals surface area contributed by atoms with Crippen LogP contribution in [0, 0.1) is 6.92 Å². The molecule has 0 saturated heterocycles. The van der Waals surface area contributed by atoms with E-state index >= 15 is 0 Å². The number of aliphatic hydroxyl groups is 1. The second-order valence-electron chi connectivity index (χ2n) is 6.08. The molecule has 0 spiro atoms. The third-order valence-electron chi connectivity index (χ3n) is 4.22. The number of aliphatic hydroxyl groups excluding tert-OH is 1. The Morgan fingerprint density at radius 2 is 1.77 bits per heavy atom. The monoisotopic (exact) mass is 373 g/mol. The molecule has 0 saturated carbocycles. The molecule has 1 atom stereocenters. The summed E-state index contributed by atoms with van der Waals surface area (Å²) in [5.74, 6) is 0. The minimum absolute atomic E-state index is 0.0284. The number of aromatic nitrogens is 1. The molecule has 2 aromatic carbocycles. The SMILES string of the molecule is Cc1ccc(S(=O)(=O)OCC(O)c2cccc3ccc(=O)n(C)c23)cc1. The van der Waals surface area contributed by atoms with E-state index in [4.69, 9.17) is 4.18 Å². The molecule has 0 amide bonds. The third kappa shape index (κ3) is 3.55. The minimum atomic E-state index is -3.98. The molecule has 1 unspecified atom stereocenters. The van der Waals surface area contributed by atoms with Crippen LogP contribution in [0.1, 0.15) is 17.2 Å². The number of nitrogens with zero attached hydrogens (tertiary/aromatic N) is 1. The average molecular weight is 373 g/mol. The van der Waals surface area contributed by atoms with E-state index in [0.717, 1.165) is 10.9 Å². The van der Waals surface area contributed by atoms with Gasteiger partial charge in [-0.15, -0.1) is 0 Å². The quantitative estimate of drug-likeness (QED) is 0.694. The second kappa shape index (κ2) is 7.03. The first-order valence-electron chi connectivity index (χ1n) is 8.02. The molecule has 3 rings (SSSR count). The molecule has 3 aromatic rings. The Hall–Kier alpha value is -2.48. The molecule has 6 nitrogen and oxygen atoms in total. The van der Waals surface area contributed by atoms with E-state index in [9.17, 15) is 18.3 Å². The Balaban J connectivity index is 1.88. The fourth-order valence-corrected chi connectivity index (χ4v) is 3.68. The van der Waals surface area contributed by atoms with Crippen LogP contribution in [0.25, 0.3) is 10.9 Å². The lowest BCUT2D eigenvalue weighted by Gasteiger charge is -2.16. The maximum atomic E-state index is 12.3. The van der Waals surface area contributed by atoms with E-state index < -0.39 is 22.8 Å². The lowest BCUT2D eigenvalue weighted by molar-refractivity contribution is 0.112. The van der Waals surface area contributed by atoms with Crippen molar-refractivity contribution in [2.24, 2.45) is 7.05 Å². The van der Waals surface area contributed by atoms with Crippen molar-refractivity contribution in [3.8, 4) is 0 Å². The fourth-order valence-electron chi connectivity index (χ4n) is 2.77. The van der Waals surface area contributed by atoms with Crippen LogP contribution in [0.2, 0.25) is 0 Å². The molecule has 1 heterocycles. The fraction of sp³-hybridized carbons (Fsp3) is 0.211. The first-order valence-corrected chi connectivity index (χ1v) is 9.43. The number of fused-ring (bicyclic) bond motifs is 1. The summed E-state index contributed by atoms with van der Waals surface area (Å²) in [6, 6.07) is 14.6. The van der Waals surface area contributed by atoms with Crippen LogP contribution in [0.15, 0.2) is 64.3 Å². The molecule has 1 N–H and O–H groups in total. The Labute approximate surface area is 151 Å². The van der Waals surface area contributed by atoms with Crippen molar-refractivity contribution in [1.29, 1.82) is 0 Å². The summed E-state index contributed by atoms with van der Waals surface area (Å²) in [6.07, 6.45) is -1.20. The highest BCUT2D eigenvalue weighted by Gasteiger charge is 2.20. The molecule has 7 heteroatoms. The van der Waals surface area contributed by atoms with Gasteiger partial charge >= 0.3 is 0 Å². The van der Waals surface area contributed by atoms with E-state index in [1.165, 1.54) is 22.8 Å². The van der Waals surface area contributed by atoms with E-state index in [2.05, 4.69) is 0 Å². The van der Waals surface area contributed by atoms with Crippen LogP contribution in [0.3, 0.4) is 0 Å². The van der Waals surface area contributed by atoms with Gasteiger partial charge in [-0.3, -0.25) is 8.98 Å². The maximum absolute atomic E-state index is 12.3. The van der Waals surface area contributed by atoms with Crippen molar-refractivity contribution < 1.29 is 17.7 Å². The van der Waals surface area contributed by atoms with Crippen LogP contribution in [0.5, 0.6) is 0 Å². The zero-order valence-electron chi connectivity index (χ0n) is 14.4. The molecule has 1 aromatic heterocycles. The predicted molar refractivity (Wildman–Crippen MR) is 98.5 cm³/mol. The van der Waals surface area contributed by atoms with Gasteiger partial charge in [-0.05, 0) is 30.5 Å². The Morgan fingerprint density at radius 3 is 2.46 bits per heavy atom. The summed E-state index contributed by atoms with van der Waals surface area (Å²) in [5, 5.41) is 11.3. The van der Waals surface area contributed by atoms with Gasteiger partial charge in [0, 0.05) is 18.7 Å². The first kappa shape index (κ1) is 18.3. The van der Waals surface area contributed by atoms with Crippen LogP contribution < -0.4 is 5.56 Å². The van der Waals surface area contributed by atoms with Crippen LogP contribution in [-0.2, 0) is 21.3 Å². The normalized spacial score (nSPS) is 13.0. The number of hydrogen-bond donors (Lipinski definition) is 1. The largest absolute Gasteiger partial charge is 0.386 e. The zero-order chi connectivity index (χ0) is 18.9. The predicted octanol–water partition coefficient (Wildman–Crippen LogP) is 2.29. The maximum Gasteiger partial charge on any atom is 0.297 e. The standard InChI is InChI=1S/C19H19NO5S/c1-13-6-9-15(10-7-13)26(23,24)25-12-17(21)16-5-3-4-14-8-11-18(22)20(2)19(14)16/h3-11,17,21H,12H2,1-2H3. The van der Waals surface area contributed by atoms with Crippen molar-refractivity contribution in [3.63, 3.8) is 0 Å². The van der Waals surface area contributed by atoms with Gasteiger partial charge < -0.3 is 9.67 Å². The summed E-state index contributed by atoms with van der Waals surface area (Å²) < 4.78 is 31.0. The van der Waals surface area contributed by atoms with Crippen molar-refractivity contribution in [2.75, 3.05) is 6.61 Å². The Kier molecular flexibility index (Phi) is 4.95.